The van der Waals surface area contributed by atoms with Crippen molar-refractivity contribution in [3.63, 3.8) is 0 Å². The minimum absolute atomic E-state index is 0.679. The molecule has 0 fully saturated rings. The van der Waals surface area contributed by atoms with E-state index < -0.39 is 0 Å². The third-order valence-corrected chi connectivity index (χ3v) is 5.48. The number of fused-ring (bicyclic) bond motifs is 1. The molecule has 1 aromatic heterocycles. The molecule has 0 spiro atoms. The monoisotopic (exact) mass is 426 g/mol. The Morgan fingerprint density at radius 2 is 1.91 bits per heavy atom. The predicted octanol–water partition coefficient (Wildman–Crippen LogP) is 6.74. The Balaban J connectivity index is 2.09. The number of hydrogen-bond donors (Lipinski definition) is 1. The molecule has 1 N–H and O–H groups in total. The van der Waals surface area contributed by atoms with Crippen molar-refractivity contribution in [3.8, 4) is 0 Å². The van der Waals surface area contributed by atoms with Gasteiger partial charge in [-0.2, -0.15) is 0 Å². The summed E-state index contributed by atoms with van der Waals surface area (Å²) in [5.41, 5.74) is 9.34. The smallest absolute Gasteiger partial charge is 0.0915 e. The number of aryl methyl sites for hydroxylation is 2. The molecule has 32 heavy (non-hydrogen) atoms. The summed E-state index contributed by atoms with van der Waals surface area (Å²) in [4.78, 5) is 11.8. The van der Waals surface area contributed by atoms with Crippen LogP contribution >= 0.6 is 0 Å². The largest absolute Gasteiger partial charge is 0.387 e. The van der Waals surface area contributed by atoms with E-state index in [0.717, 1.165) is 58.8 Å². The third-order valence-electron chi connectivity index (χ3n) is 5.48. The van der Waals surface area contributed by atoms with Crippen LogP contribution in [0.15, 0.2) is 73.6 Å². The number of rotatable bonds is 10. The Kier molecular flexibility index (Phi) is 7.82. The van der Waals surface area contributed by atoms with Gasteiger partial charge in [0, 0.05) is 23.6 Å². The van der Waals surface area contributed by atoms with Crippen LogP contribution in [-0.4, -0.2) is 23.1 Å². The second-order valence-electron chi connectivity index (χ2n) is 8.02. The Hall–Kier alpha value is -3.40. The SMILES string of the molecule is C=C/C(=C\C)c1cnc2ccc(N(CC(=C)NCCC)c3cc(C)cc(CC)c3)cc2n1. The lowest BCUT2D eigenvalue weighted by Crippen LogP contribution is -2.27. The maximum atomic E-state index is 4.87. The van der Waals surface area contributed by atoms with Crippen molar-refractivity contribution in [3.05, 3.63) is 90.4 Å². The molecule has 2 aromatic carbocycles. The number of nitrogens with one attached hydrogen (secondary N) is 1. The molecule has 166 valence electrons. The average Bonchev–Trinajstić information content (AvgIpc) is 2.81. The molecule has 0 atom stereocenters. The van der Waals surface area contributed by atoms with Gasteiger partial charge in [0.15, 0.2) is 0 Å². The van der Waals surface area contributed by atoms with Gasteiger partial charge < -0.3 is 10.2 Å². The number of nitrogens with zero attached hydrogens (tertiary/aromatic N) is 3. The van der Waals surface area contributed by atoms with Gasteiger partial charge in [0.2, 0.25) is 0 Å². The quantitative estimate of drug-likeness (QED) is 0.364. The Morgan fingerprint density at radius 1 is 1.09 bits per heavy atom. The van der Waals surface area contributed by atoms with Crippen LogP contribution in [0.4, 0.5) is 11.4 Å². The van der Waals surface area contributed by atoms with Gasteiger partial charge in [-0.3, -0.25) is 4.98 Å². The molecular weight excluding hydrogens is 392 g/mol. The van der Waals surface area contributed by atoms with E-state index in [9.17, 15) is 0 Å². The van der Waals surface area contributed by atoms with Gasteiger partial charge >= 0.3 is 0 Å². The molecule has 0 saturated heterocycles. The maximum absolute atomic E-state index is 4.87. The lowest BCUT2D eigenvalue weighted by atomic mass is 10.1. The average molecular weight is 427 g/mol. The molecule has 0 unspecified atom stereocenters. The molecule has 4 nitrogen and oxygen atoms in total. The van der Waals surface area contributed by atoms with E-state index in [1.807, 2.05) is 25.1 Å². The van der Waals surface area contributed by atoms with E-state index in [0.29, 0.717) is 6.54 Å². The molecule has 3 rings (SSSR count). The number of allylic oxidation sites excluding steroid dienone is 3. The van der Waals surface area contributed by atoms with Crippen LogP contribution in [-0.2, 0) is 6.42 Å². The van der Waals surface area contributed by atoms with Crippen molar-refractivity contribution >= 4 is 28.0 Å². The summed E-state index contributed by atoms with van der Waals surface area (Å²) in [7, 11) is 0. The zero-order valence-corrected chi connectivity index (χ0v) is 19.8. The van der Waals surface area contributed by atoms with Crippen LogP contribution in [0.25, 0.3) is 16.6 Å². The van der Waals surface area contributed by atoms with Gasteiger partial charge in [0.1, 0.15) is 0 Å². The van der Waals surface area contributed by atoms with E-state index in [4.69, 9.17) is 4.98 Å². The van der Waals surface area contributed by atoms with Crippen molar-refractivity contribution in [2.75, 3.05) is 18.0 Å². The molecule has 0 aliphatic carbocycles. The summed E-state index contributed by atoms with van der Waals surface area (Å²) in [5.74, 6) is 0. The van der Waals surface area contributed by atoms with Crippen molar-refractivity contribution in [2.24, 2.45) is 0 Å². The van der Waals surface area contributed by atoms with Crippen molar-refractivity contribution in [1.29, 1.82) is 0 Å². The fourth-order valence-corrected chi connectivity index (χ4v) is 3.76. The number of hydrogen-bond acceptors (Lipinski definition) is 4. The Bertz CT molecular complexity index is 1140. The first-order valence-corrected chi connectivity index (χ1v) is 11.3. The molecule has 0 amide bonds. The molecule has 0 saturated carbocycles. The van der Waals surface area contributed by atoms with E-state index in [2.05, 4.69) is 79.5 Å². The normalized spacial score (nSPS) is 11.4. The molecule has 3 aromatic rings. The minimum atomic E-state index is 0.679. The number of aromatic nitrogens is 2. The zero-order valence-electron chi connectivity index (χ0n) is 19.8. The van der Waals surface area contributed by atoms with Gasteiger partial charge in [-0.25, -0.2) is 4.98 Å². The summed E-state index contributed by atoms with van der Waals surface area (Å²) >= 11 is 0. The summed E-state index contributed by atoms with van der Waals surface area (Å²) in [5, 5.41) is 3.44. The zero-order chi connectivity index (χ0) is 23.1. The summed E-state index contributed by atoms with van der Waals surface area (Å²) in [6.45, 7) is 18.2. The number of anilines is 2. The van der Waals surface area contributed by atoms with Gasteiger partial charge in [-0.1, -0.05) is 45.2 Å². The van der Waals surface area contributed by atoms with E-state index >= 15 is 0 Å². The second kappa shape index (κ2) is 10.8. The summed E-state index contributed by atoms with van der Waals surface area (Å²) < 4.78 is 0. The first-order chi connectivity index (χ1) is 15.5. The van der Waals surface area contributed by atoms with E-state index in [1.165, 1.54) is 11.1 Å². The van der Waals surface area contributed by atoms with Crippen molar-refractivity contribution < 1.29 is 0 Å². The molecule has 0 aliphatic rings. The fourth-order valence-electron chi connectivity index (χ4n) is 3.76. The van der Waals surface area contributed by atoms with Crippen LogP contribution < -0.4 is 10.2 Å². The van der Waals surface area contributed by atoms with Crippen LogP contribution in [0.3, 0.4) is 0 Å². The first kappa shape index (κ1) is 23.3. The fraction of sp³-hybridized carbons (Fsp3) is 0.286. The van der Waals surface area contributed by atoms with E-state index in [-0.39, 0.29) is 0 Å². The molecule has 4 heteroatoms. The summed E-state index contributed by atoms with van der Waals surface area (Å²) in [6, 6.07) is 13.0. The molecule has 0 bridgehead atoms. The van der Waals surface area contributed by atoms with Gasteiger partial charge in [0.25, 0.3) is 0 Å². The van der Waals surface area contributed by atoms with Crippen LogP contribution in [0.1, 0.15) is 44.0 Å². The maximum Gasteiger partial charge on any atom is 0.0915 e. The molecule has 1 heterocycles. The van der Waals surface area contributed by atoms with Crippen LogP contribution in [0.2, 0.25) is 0 Å². The van der Waals surface area contributed by atoms with Crippen molar-refractivity contribution in [1.82, 2.24) is 15.3 Å². The van der Waals surface area contributed by atoms with Crippen LogP contribution in [0, 0.1) is 6.92 Å². The van der Waals surface area contributed by atoms with Gasteiger partial charge in [0.05, 0.1) is 29.5 Å². The topological polar surface area (TPSA) is 41.1 Å². The Morgan fingerprint density at radius 3 is 2.59 bits per heavy atom. The molecule has 0 radical (unpaired) electrons. The molecular formula is C28H34N4. The van der Waals surface area contributed by atoms with Gasteiger partial charge in [-0.05, 0) is 73.7 Å². The highest BCUT2D eigenvalue weighted by atomic mass is 15.2. The Labute approximate surface area is 192 Å². The van der Waals surface area contributed by atoms with E-state index in [1.54, 1.807) is 6.20 Å². The highest BCUT2D eigenvalue weighted by Crippen LogP contribution is 2.30. The third kappa shape index (κ3) is 5.44. The lowest BCUT2D eigenvalue weighted by molar-refractivity contribution is 0.750. The van der Waals surface area contributed by atoms with Gasteiger partial charge in [-0.15, -0.1) is 0 Å². The first-order valence-electron chi connectivity index (χ1n) is 11.3. The minimum Gasteiger partial charge on any atom is -0.387 e. The standard InChI is InChI=1S/C28H34N4/c1-7-13-29-21(6)19-32(25-15-20(5)14-22(8-2)16-25)24-11-12-26-27(17-24)31-28(18-30-26)23(9-3)10-4/h9-12,14-18,29H,3,6-8,13,19H2,1-2,4-5H3/b23-10+. The highest BCUT2D eigenvalue weighted by molar-refractivity contribution is 5.83. The van der Waals surface area contributed by atoms with Crippen LogP contribution in [0.5, 0.6) is 0 Å². The summed E-state index contributed by atoms with van der Waals surface area (Å²) in [6.07, 6.45) is 7.68. The lowest BCUT2D eigenvalue weighted by Gasteiger charge is -2.27. The molecule has 0 aliphatic heterocycles. The highest BCUT2D eigenvalue weighted by Gasteiger charge is 2.14. The predicted molar refractivity (Wildman–Crippen MR) is 138 cm³/mol. The number of benzene rings is 2. The second-order valence-corrected chi connectivity index (χ2v) is 8.02. The van der Waals surface area contributed by atoms with Crippen molar-refractivity contribution in [2.45, 2.75) is 40.5 Å².